The van der Waals surface area contributed by atoms with Crippen molar-refractivity contribution in [3.8, 4) is 5.75 Å². The van der Waals surface area contributed by atoms with Crippen LogP contribution in [-0.2, 0) is 11.3 Å². The Hall–Kier alpha value is -2.54. The maximum Gasteiger partial charge on any atom is 0.321 e. The van der Waals surface area contributed by atoms with Gasteiger partial charge in [-0.05, 0) is 57.4 Å². The Balaban J connectivity index is 1.49. The van der Waals surface area contributed by atoms with E-state index in [-0.39, 0.29) is 12.1 Å². The molecule has 2 amide bonds. The number of anilines is 1. The van der Waals surface area contributed by atoms with Gasteiger partial charge < -0.3 is 24.2 Å². The fourth-order valence-electron chi connectivity index (χ4n) is 3.02. The predicted molar refractivity (Wildman–Crippen MR) is 102 cm³/mol. The first kappa shape index (κ1) is 19.2. The van der Waals surface area contributed by atoms with E-state index in [9.17, 15) is 4.79 Å². The van der Waals surface area contributed by atoms with E-state index in [1.165, 1.54) is 6.42 Å². The third kappa shape index (κ3) is 5.23. The van der Waals surface area contributed by atoms with Crippen molar-refractivity contribution >= 4 is 11.7 Å². The van der Waals surface area contributed by atoms with Gasteiger partial charge in [0.05, 0.1) is 18.3 Å². The van der Waals surface area contributed by atoms with Gasteiger partial charge >= 0.3 is 6.03 Å². The number of carbonyl (C=O) groups excluding carboxylic acids is 1. The van der Waals surface area contributed by atoms with E-state index in [0.29, 0.717) is 18.8 Å². The van der Waals surface area contributed by atoms with E-state index in [2.05, 4.69) is 10.5 Å². The van der Waals surface area contributed by atoms with Gasteiger partial charge in [0.1, 0.15) is 18.1 Å². The van der Waals surface area contributed by atoms with Crippen molar-refractivity contribution in [2.45, 2.75) is 45.8 Å². The van der Waals surface area contributed by atoms with E-state index < -0.39 is 0 Å². The van der Waals surface area contributed by atoms with Crippen LogP contribution in [0.3, 0.4) is 0 Å². The molecule has 1 unspecified atom stereocenters. The Kier molecular flexibility index (Phi) is 6.34. The molecule has 2 aromatic rings. The lowest BCUT2D eigenvalue weighted by Gasteiger charge is -2.22. The van der Waals surface area contributed by atoms with Gasteiger partial charge in [-0.1, -0.05) is 5.16 Å². The zero-order chi connectivity index (χ0) is 19.2. The van der Waals surface area contributed by atoms with Gasteiger partial charge in [0.2, 0.25) is 0 Å². The molecule has 1 N–H and O–H groups in total. The molecule has 3 rings (SSSR count). The van der Waals surface area contributed by atoms with E-state index in [4.69, 9.17) is 14.0 Å². The molecule has 0 bridgehead atoms. The number of ether oxygens (including phenoxy) is 2. The number of hydrogen-bond donors (Lipinski definition) is 1. The Morgan fingerprint density at radius 1 is 1.30 bits per heavy atom. The molecule has 0 spiro atoms. The van der Waals surface area contributed by atoms with Crippen LogP contribution in [0.4, 0.5) is 10.5 Å². The molecule has 1 aromatic heterocycles. The number of aromatic nitrogens is 1. The lowest BCUT2D eigenvalue weighted by atomic mass is 10.1. The first-order chi connectivity index (χ1) is 13.0. The van der Waals surface area contributed by atoms with E-state index in [1.807, 2.05) is 38.1 Å². The monoisotopic (exact) mass is 373 g/mol. The molecule has 1 atom stereocenters. The molecule has 0 saturated carbocycles. The van der Waals surface area contributed by atoms with Gasteiger partial charge in [0.15, 0.2) is 0 Å². The summed E-state index contributed by atoms with van der Waals surface area (Å²) in [6.07, 6.45) is 3.55. The summed E-state index contributed by atoms with van der Waals surface area (Å²) >= 11 is 0. The summed E-state index contributed by atoms with van der Waals surface area (Å²) in [7, 11) is 1.74. The summed E-state index contributed by atoms with van der Waals surface area (Å²) in [5.74, 6) is 1.50. The zero-order valence-electron chi connectivity index (χ0n) is 16.2. The summed E-state index contributed by atoms with van der Waals surface area (Å²) in [5.41, 5.74) is 2.45. The molecule has 2 heterocycles. The van der Waals surface area contributed by atoms with Crippen molar-refractivity contribution in [3.05, 3.63) is 41.3 Å². The van der Waals surface area contributed by atoms with E-state index in [0.717, 1.165) is 42.2 Å². The molecule has 1 saturated heterocycles. The van der Waals surface area contributed by atoms with Gasteiger partial charge in [0, 0.05) is 24.9 Å². The Labute approximate surface area is 159 Å². The standard InChI is InChI=1S/C20H27N3O4/c1-14-19(15(2)27-22-14)12-23(3)20(24)21-16-7-9-17(10-8-16)26-13-18-6-4-5-11-25-18/h7-10,18H,4-6,11-13H2,1-3H3,(H,21,24). The second-order valence-corrected chi connectivity index (χ2v) is 6.91. The smallest absolute Gasteiger partial charge is 0.321 e. The topological polar surface area (TPSA) is 76.8 Å². The molecule has 1 aromatic carbocycles. The highest BCUT2D eigenvalue weighted by atomic mass is 16.5. The molecule has 1 aliphatic heterocycles. The maximum atomic E-state index is 12.4. The average molecular weight is 373 g/mol. The van der Waals surface area contributed by atoms with Gasteiger partial charge in [-0.25, -0.2) is 4.79 Å². The highest BCUT2D eigenvalue weighted by Gasteiger charge is 2.16. The highest BCUT2D eigenvalue weighted by molar-refractivity contribution is 5.89. The predicted octanol–water partition coefficient (Wildman–Crippen LogP) is 3.90. The number of aryl methyl sites for hydroxylation is 2. The summed E-state index contributed by atoms with van der Waals surface area (Å²) in [6.45, 7) is 5.54. The summed E-state index contributed by atoms with van der Waals surface area (Å²) in [6, 6.07) is 7.18. The first-order valence-corrected chi connectivity index (χ1v) is 9.31. The van der Waals surface area contributed by atoms with Crippen molar-refractivity contribution in [2.75, 3.05) is 25.6 Å². The van der Waals surface area contributed by atoms with E-state index >= 15 is 0 Å². The first-order valence-electron chi connectivity index (χ1n) is 9.31. The van der Waals surface area contributed by atoms with Gasteiger partial charge in [-0.15, -0.1) is 0 Å². The molecule has 0 radical (unpaired) electrons. The minimum Gasteiger partial charge on any atom is -0.491 e. The number of nitrogens with zero attached hydrogens (tertiary/aromatic N) is 2. The quantitative estimate of drug-likeness (QED) is 0.831. The normalized spacial score (nSPS) is 16.8. The second kappa shape index (κ2) is 8.90. The third-order valence-corrected chi connectivity index (χ3v) is 4.74. The van der Waals surface area contributed by atoms with Crippen molar-refractivity contribution < 1.29 is 18.8 Å². The van der Waals surface area contributed by atoms with Crippen LogP contribution in [0, 0.1) is 13.8 Å². The highest BCUT2D eigenvalue weighted by Crippen LogP contribution is 2.19. The van der Waals surface area contributed by atoms with E-state index in [1.54, 1.807) is 11.9 Å². The number of carbonyl (C=O) groups is 1. The third-order valence-electron chi connectivity index (χ3n) is 4.74. The zero-order valence-corrected chi connectivity index (χ0v) is 16.2. The van der Waals surface area contributed by atoms with Crippen molar-refractivity contribution in [2.24, 2.45) is 0 Å². The largest absolute Gasteiger partial charge is 0.491 e. The van der Waals surface area contributed by atoms with Crippen LogP contribution in [0.1, 0.15) is 36.3 Å². The summed E-state index contributed by atoms with van der Waals surface area (Å²) < 4.78 is 16.6. The van der Waals surface area contributed by atoms with Gasteiger partial charge in [0.25, 0.3) is 0 Å². The number of rotatable bonds is 6. The molecule has 1 aliphatic rings. The van der Waals surface area contributed by atoms with Crippen LogP contribution >= 0.6 is 0 Å². The number of urea groups is 1. The lowest BCUT2D eigenvalue weighted by Crippen LogP contribution is -2.31. The fraction of sp³-hybridized carbons (Fsp3) is 0.500. The van der Waals surface area contributed by atoms with Crippen LogP contribution in [0.25, 0.3) is 0 Å². The SMILES string of the molecule is Cc1noc(C)c1CN(C)C(=O)Nc1ccc(OCC2CCCCO2)cc1. The summed E-state index contributed by atoms with van der Waals surface area (Å²) in [5, 5.41) is 6.80. The molecule has 7 nitrogen and oxygen atoms in total. The molecule has 27 heavy (non-hydrogen) atoms. The molecular formula is C20H27N3O4. The number of benzene rings is 1. The molecule has 146 valence electrons. The minimum atomic E-state index is -0.195. The van der Waals surface area contributed by atoms with Crippen LogP contribution < -0.4 is 10.1 Å². The molecule has 0 aliphatic carbocycles. The Morgan fingerprint density at radius 2 is 2.07 bits per heavy atom. The maximum absolute atomic E-state index is 12.4. The average Bonchev–Trinajstić information content (AvgIpc) is 3.00. The molecular weight excluding hydrogens is 346 g/mol. The van der Waals surface area contributed by atoms with Gasteiger partial charge in [-0.2, -0.15) is 0 Å². The Morgan fingerprint density at radius 3 is 2.70 bits per heavy atom. The second-order valence-electron chi connectivity index (χ2n) is 6.91. The van der Waals surface area contributed by atoms with Crippen molar-refractivity contribution in [1.82, 2.24) is 10.1 Å². The Bertz CT molecular complexity index is 732. The van der Waals surface area contributed by atoms with Crippen LogP contribution in [-0.4, -0.2) is 42.5 Å². The molecule has 1 fully saturated rings. The van der Waals surface area contributed by atoms with Gasteiger partial charge in [-0.3, -0.25) is 0 Å². The minimum absolute atomic E-state index is 0.177. The van der Waals surface area contributed by atoms with Crippen LogP contribution in [0.5, 0.6) is 5.75 Å². The molecule has 7 heteroatoms. The van der Waals surface area contributed by atoms with Crippen molar-refractivity contribution in [1.29, 1.82) is 0 Å². The number of amides is 2. The fourth-order valence-corrected chi connectivity index (χ4v) is 3.02. The number of hydrogen-bond acceptors (Lipinski definition) is 5. The van der Waals surface area contributed by atoms with Crippen LogP contribution in [0.2, 0.25) is 0 Å². The van der Waals surface area contributed by atoms with Crippen molar-refractivity contribution in [3.63, 3.8) is 0 Å². The number of nitrogens with one attached hydrogen (secondary N) is 1. The summed E-state index contributed by atoms with van der Waals surface area (Å²) in [4.78, 5) is 14.0. The lowest BCUT2D eigenvalue weighted by molar-refractivity contribution is -0.0110. The van der Waals surface area contributed by atoms with Crippen LogP contribution in [0.15, 0.2) is 28.8 Å².